The molecule has 0 spiro atoms. The second kappa shape index (κ2) is 4.80. The maximum atomic E-state index is 3.63. The fourth-order valence-electron chi connectivity index (χ4n) is 1.95. The molecule has 2 aliphatic rings. The molecule has 0 bridgehead atoms. The minimum Gasteiger partial charge on any atom is -0.161 e. The molecule has 2 atom stereocenters. The summed E-state index contributed by atoms with van der Waals surface area (Å²) < 4.78 is 0. The molecule has 68 valence electrons. The summed E-state index contributed by atoms with van der Waals surface area (Å²) in [5, 5.41) is 0.930. The smallest absolute Gasteiger partial charge is 0.00816 e. The fraction of sp³-hybridized carbons (Fsp3) is 0.900. The van der Waals surface area contributed by atoms with E-state index in [-0.39, 0.29) is 0 Å². The highest BCUT2D eigenvalue weighted by Gasteiger charge is 2.25. The van der Waals surface area contributed by atoms with Gasteiger partial charge in [0.25, 0.3) is 0 Å². The molecule has 0 amide bonds. The van der Waals surface area contributed by atoms with Gasteiger partial charge in [-0.3, -0.25) is 0 Å². The summed E-state index contributed by atoms with van der Waals surface area (Å²) in [6.07, 6.45) is 9.38. The summed E-state index contributed by atoms with van der Waals surface area (Å²) >= 11 is 4.24. The van der Waals surface area contributed by atoms with Gasteiger partial charge in [0, 0.05) is 11.0 Å². The van der Waals surface area contributed by atoms with Crippen LogP contribution in [0.25, 0.3) is 0 Å². The molecule has 0 N–H and O–H groups in total. The van der Waals surface area contributed by atoms with E-state index in [9.17, 15) is 0 Å². The molecular weight excluding hydrogens is 184 g/mol. The van der Waals surface area contributed by atoms with Crippen LogP contribution in [0.3, 0.4) is 0 Å². The van der Waals surface area contributed by atoms with E-state index in [1.807, 2.05) is 11.8 Å². The normalized spacial score (nSPS) is 33.5. The van der Waals surface area contributed by atoms with Gasteiger partial charge in [-0.1, -0.05) is 6.42 Å². The van der Waals surface area contributed by atoms with Crippen LogP contribution in [0, 0.1) is 12.3 Å². The Labute approximate surface area is 84.3 Å². The first-order chi connectivity index (χ1) is 5.97. The van der Waals surface area contributed by atoms with Gasteiger partial charge in [-0.25, -0.2) is 0 Å². The van der Waals surface area contributed by atoms with Gasteiger partial charge in [0.05, 0.1) is 0 Å². The Morgan fingerprint density at radius 1 is 1.08 bits per heavy atom. The van der Waals surface area contributed by atoms with Crippen LogP contribution in [0.5, 0.6) is 0 Å². The van der Waals surface area contributed by atoms with Gasteiger partial charge in [-0.2, -0.15) is 23.5 Å². The van der Waals surface area contributed by atoms with Gasteiger partial charge in [0.1, 0.15) is 0 Å². The largest absolute Gasteiger partial charge is 0.161 e. The second-order valence-electron chi connectivity index (χ2n) is 3.56. The zero-order valence-electron chi connectivity index (χ0n) is 7.42. The summed E-state index contributed by atoms with van der Waals surface area (Å²) in [6, 6.07) is 0. The van der Waals surface area contributed by atoms with Crippen molar-refractivity contribution < 1.29 is 0 Å². The summed E-state index contributed by atoms with van der Waals surface area (Å²) in [5.41, 5.74) is 0. The highest BCUT2D eigenvalue weighted by Crippen LogP contribution is 2.36. The molecule has 2 unspecified atom stereocenters. The maximum absolute atomic E-state index is 3.63. The van der Waals surface area contributed by atoms with Gasteiger partial charge in [0.15, 0.2) is 0 Å². The highest BCUT2D eigenvalue weighted by molar-refractivity contribution is 8.00. The van der Waals surface area contributed by atoms with Crippen molar-refractivity contribution in [1.29, 1.82) is 0 Å². The Kier molecular flexibility index (Phi) is 3.71. The number of hydrogen-bond donors (Lipinski definition) is 0. The summed E-state index contributed by atoms with van der Waals surface area (Å²) in [6.45, 7) is 0. The summed E-state index contributed by atoms with van der Waals surface area (Å²) in [5.74, 6) is 4.78. The van der Waals surface area contributed by atoms with E-state index in [2.05, 4.69) is 18.2 Å². The van der Waals surface area contributed by atoms with Gasteiger partial charge in [-0.15, -0.1) is 0 Å². The van der Waals surface area contributed by atoms with Crippen LogP contribution in [0.15, 0.2) is 0 Å². The number of rotatable bonds is 1. The van der Waals surface area contributed by atoms with Crippen LogP contribution in [0.1, 0.15) is 25.7 Å². The van der Waals surface area contributed by atoms with Crippen molar-refractivity contribution in [3.05, 3.63) is 6.42 Å². The molecule has 2 rings (SSSR count). The van der Waals surface area contributed by atoms with Crippen LogP contribution in [0.4, 0.5) is 0 Å². The Balaban J connectivity index is 1.80. The van der Waals surface area contributed by atoms with Gasteiger partial charge < -0.3 is 0 Å². The monoisotopic (exact) mass is 200 g/mol. The molecule has 0 aromatic heterocycles. The second-order valence-corrected chi connectivity index (χ2v) is 6.01. The molecule has 0 saturated carbocycles. The van der Waals surface area contributed by atoms with E-state index in [0.717, 1.165) is 11.2 Å². The summed E-state index contributed by atoms with van der Waals surface area (Å²) in [7, 11) is 0. The predicted molar refractivity (Wildman–Crippen MR) is 58.8 cm³/mol. The lowest BCUT2D eigenvalue weighted by molar-refractivity contribution is 0.503. The average molecular weight is 200 g/mol. The first-order valence-electron chi connectivity index (χ1n) is 4.89. The van der Waals surface area contributed by atoms with Gasteiger partial charge >= 0.3 is 0 Å². The molecule has 2 radical (unpaired) electrons. The Morgan fingerprint density at radius 3 is 2.75 bits per heavy atom. The van der Waals surface area contributed by atoms with E-state index in [1.54, 1.807) is 0 Å². The van der Waals surface area contributed by atoms with Crippen molar-refractivity contribution in [3.8, 4) is 0 Å². The standard InChI is InChI=1S/C10H16S2/c1-2-6-12-10(3-1)9-4-7-11-8-5-9/h9-10H,1-4,6-8H2. The topological polar surface area (TPSA) is 0 Å². The van der Waals surface area contributed by atoms with Crippen LogP contribution in [-0.2, 0) is 0 Å². The fourth-order valence-corrected chi connectivity index (χ4v) is 4.32. The predicted octanol–water partition coefficient (Wildman–Crippen LogP) is 3.11. The van der Waals surface area contributed by atoms with Crippen LogP contribution in [-0.4, -0.2) is 22.5 Å². The quantitative estimate of drug-likeness (QED) is 0.638. The van der Waals surface area contributed by atoms with Crippen molar-refractivity contribution in [3.63, 3.8) is 0 Å². The highest BCUT2D eigenvalue weighted by atomic mass is 32.2. The Morgan fingerprint density at radius 2 is 2.08 bits per heavy atom. The molecule has 2 saturated heterocycles. The van der Waals surface area contributed by atoms with Crippen molar-refractivity contribution in [2.75, 3.05) is 17.3 Å². The molecule has 2 heteroatoms. The van der Waals surface area contributed by atoms with Crippen LogP contribution in [0.2, 0.25) is 0 Å². The zero-order valence-corrected chi connectivity index (χ0v) is 9.05. The van der Waals surface area contributed by atoms with Gasteiger partial charge in [0.2, 0.25) is 0 Å². The molecule has 2 heterocycles. The molecule has 0 nitrogen and oxygen atoms in total. The van der Waals surface area contributed by atoms with E-state index in [4.69, 9.17) is 0 Å². The Hall–Kier alpha value is 0.700. The molecule has 2 fully saturated rings. The number of hydrogen-bond acceptors (Lipinski definition) is 2. The molecule has 0 aromatic carbocycles. The SMILES string of the molecule is [C]1CSCCC1C1CCCCS1. The third-order valence-electron chi connectivity index (χ3n) is 2.68. The molecule has 2 aliphatic heterocycles. The molecule has 0 aliphatic carbocycles. The van der Waals surface area contributed by atoms with E-state index in [0.29, 0.717) is 0 Å². The van der Waals surface area contributed by atoms with Crippen LogP contribution >= 0.6 is 23.5 Å². The summed E-state index contributed by atoms with van der Waals surface area (Å²) in [4.78, 5) is 0. The molecular formula is C10H16S2. The third-order valence-corrected chi connectivity index (χ3v) is 5.10. The lowest BCUT2D eigenvalue weighted by Crippen LogP contribution is -2.25. The van der Waals surface area contributed by atoms with E-state index >= 15 is 0 Å². The van der Waals surface area contributed by atoms with Crippen molar-refractivity contribution >= 4 is 23.5 Å². The zero-order chi connectivity index (χ0) is 8.23. The first-order valence-corrected chi connectivity index (χ1v) is 7.10. The van der Waals surface area contributed by atoms with Crippen molar-refractivity contribution in [1.82, 2.24) is 0 Å². The minimum absolute atomic E-state index is 0.830. The number of thioether (sulfide) groups is 2. The van der Waals surface area contributed by atoms with Crippen molar-refractivity contribution in [2.45, 2.75) is 30.9 Å². The van der Waals surface area contributed by atoms with Crippen LogP contribution < -0.4 is 0 Å². The Bertz CT molecular complexity index is 108. The van der Waals surface area contributed by atoms with E-state index in [1.165, 1.54) is 42.9 Å². The van der Waals surface area contributed by atoms with E-state index < -0.39 is 0 Å². The minimum atomic E-state index is 0.830. The van der Waals surface area contributed by atoms with Gasteiger partial charge in [-0.05, 0) is 43.1 Å². The third kappa shape index (κ3) is 2.35. The van der Waals surface area contributed by atoms with Crippen molar-refractivity contribution in [2.24, 2.45) is 5.92 Å². The molecule has 0 aromatic rings. The maximum Gasteiger partial charge on any atom is 0.00816 e. The molecule has 12 heavy (non-hydrogen) atoms. The average Bonchev–Trinajstić information content (AvgIpc) is 2.21. The first kappa shape index (κ1) is 9.26. The lowest BCUT2D eigenvalue weighted by Gasteiger charge is -2.31. The lowest BCUT2D eigenvalue weighted by atomic mass is 9.95.